The predicted octanol–water partition coefficient (Wildman–Crippen LogP) is 3.54. The second-order valence-electron chi connectivity index (χ2n) is 4.39. The number of rotatable bonds is 3. The second-order valence-corrected chi connectivity index (χ2v) is 4.80. The van der Waals surface area contributed by atoms with E-state index in [-0.39, 0.29) is 22.5 Å². The van der Waals surface area contributed by atoms with Gasteiger partial charge in [-0.15, -0.1) is 0 Å². The zero-order valence-corrected chi connectivity index (χ0v) is 10.9. The van der Waals surface area contributed by atoms with Crippen molar-refractivity contribution >= 4 is 28.9 Å². The third kappa shape index (κ3) is 3.32. The summed E-state index contributed by atoms with van der Waals surface area (Å²) >= 11 is 5.71. The SMILES string of the molecule is O=C(Nc1ccc(Cl)c([N+](=O)[O-])c1)C1CC=CCC1. The van der Waals surface area contributed by atoms with Crippen LogP contribution < -0.4 is 5.32 Å². The number of allylic oxidation sites excluding steroid dienone is 2. The predicted molar refractivity (Wildman–Crippen MR) is 73.2 cm³/mol. The number of amides is 1. The number of carbonyl (C=O) groups is 1. The lowest BCUT2D eigenvalue weighted by molar-refractivity contribution is -0.384. The normalized spacial score (nSPS) is 18.1. The minimum atomic E-state index is -0.568. The maximum atomic E-state index is 12.0. The Labute approximate surface area is 115 Å². The van der Waals surface area contributed by atoms with E-state index in [0.717, 1.165) is 12.8 Å². The van der Waals surface area contributed by atoms with Crippen molar-refractivity contribution in [1.82, 2.24) is 0 Å². The number of nitro benzene ring substituents is 1. The Morgan fingerprint density at radius 2 is 2.21 bits per heavy atom. The summed E-state index contributed by atoms with van der Waals surface area (Å²) in [5.74, 6) is -0.180. The smallest absolute Gasteiger partial charge is 0.289 e. The molecule has 100 valence electrons. The first-order valence-electron chi connectivity index (χ1n) is 5.97. The zero-order chi connectivity index (χ0) is 13.8. The summed E-state index contributed by atoms with van der Waals surface area (Å²) in [6.07, 6.45) is 6.44. The van der Waals surface area contributed by atoms with E-state index in [2.05, 4.69) is 11.4 Å². The second kappa shape index (κ2) is 5.84. The first kappa shape index (κ1) is 13.5. The molecule has 1 aromatic rings. The summed E-state index contributed by atoms with van der Waals surface area (Å²) in [5.41, 5.74) is 0.193. The third-order valence-electron chi connectivity index (χ3n) is 3.05. The van der Waals surface area contributed by atoms with E-state index >= 15 is 0 Å². The molecule has 0 aromatic heterocycles. The molecule has 0 heterocycles. The van der Waals surface area contributed by atoms with Crippen LogP contribution in [0.4, 0.5) is 11.4 Å². The number of carbonyl (C=O) groups excluding carboxylic acids is 1. The molecule has 0 spiro atoms. The summed E-state index contributed by atoms with van der Waals surface area (Å²) in [6, 6.07) is 4.25. The quantitative estimate of drug-likeness (QED) is 0.523. The molecule has 1 aliphatic rings. The Hall–Kier alpha value is -1.88. The Kier molecular flexibility index (Phi) is 4.16. The molecule has 0 aliphatic heterocycles. The van der Waals surface area contributed by atoms with Gasteiger partial charge in [0.05, 0.1) is 4.92 Å². The van der Waals surface area contributed by atoms with Crippen molar-refractivity contribution < 1.29 is 9.72 Å². The number of hydrogen-bond acceptors (Lipinski definition) is 3. The Morgan fingerprint density at radius 1 is 1.42 bits per heavy atom. The van der Waals surface area contributed by atoms with Crippen molar-refractivity contribution in [3.63, 3.8) is 0 Å². The van der Waals surface area contributed by atoms with E-state index < -0.39 is 4.92 Å². The fourth-order valence-corrected chi connectivity index (χ4v) is 2.19. The van der Waals surface area contributed by atoms with Gasteiger partial charge in [-0.1, -0.05) is 23.8 Å². The van der Waals surface area contributed by atoms with Crippen LogP contribution in [0.3, 0.4) is 0 Å². The topological polar surface area (TPSA) is 72.2 Å². The third-order valence-corrected chi connectivity index (χ3v) is 3.37. The number of nitrogens with zero attached hydrogens (tertiary/aromatic N) is 1. The maximum Gasteiger partial charge on any atom is 0.289 e. The number of hydrogen-bond donors (Lipinski definition) is 1. The molecule has 5 nitrogen and oxygen atoms in total. The van der Waals surface area contributed by atoms with Gasteiger partial charge in [0, 0.05) is 17.7 Å². The van der Waals surface area contributed by atoms with Crippen LogP contribution in [0.15, 0.2) is 30.4 Å². The molecule has 1 aromatic carbocycles. The molecule has 0 saturated carbocycles. The molecule has 1 unspecified atom stereocenters. The van der Waals surface area contributed by atoms with E-state index in [9.17, 15) is 14.9 Å². The van der Waals surface area contributed by atoms with Gasteiger partial charge in [-0.2, -0.15) is 0 Å². The zero-order valence-electron chi connectivity index (χ0n) is 10.1. The average Bonchev–Trinajstić information content (AvgIpc) is 2.41. The molecular weight excluding hydrogens is 268 g/mol. The van der Waals surface area contributed by atoms with Crippen LogP contribution in [0.5, 0.6) is 0 Å². The lowest BCUT2D eigenvalue weighted by atomic mass is 9.93. The molecule has 1 amide bonds. The minimum absolute atomic E-state index is 0.0589. The Morgan fingerprint density at radius 3 is 2.84 bits per heavy atom. The Balaban J connectivity index is 2.10. The van der Waals surface area contributed by atoms with E-state index in [1.165, 1.54) is 12.1 Å². The highest BCUT2D eigenvalue weighted by Crippen LogP contribution is 2.28. The molecule has 0 bridgehead atoms. The van der Waals surface area contributed by atoms with Gasteiger partial charge in [0.25, 0.3) is 5.69 Å². The van der Waals surface area contributed by atoms with Crippen molar-refractivity contribution in [3.8, 4) is 0 Å². The van der Waals surface area contributed by atoms with Crippen LogP contribution in [-0.4, -0.2) is 10.8 Å². The molecule has 6 heteroatoms. The highest BCUT2D eigenvalue weighted by Gasteiger charge is 2.20. The maximum absolute atomic E-state index is 12.0. The van der Waals surface area contributed by atoms with Crippen LogP contribution in [0.1, 0.15) is 19.3 Å². The summed E-state index contributed by atoms with van der Waals surface area (Å²) in [7, 11) is 0. The summed E-state index contributed by atoms with van der Waals surface area (Å²) in [6.45, 7) is 0. The van der Waals surface area contributed by atoms with Crippen molar-refractivity contribution in [2.45, 2.75) is 19.3 Å². The fraction of sp³-hybridized carbons (Fsp3) is 0.308. The first-order valence-corrected chi connectivity index (χ1v) is 6.35. The van der Waals surface area contributed by atoms with Crippen LogP contribution >= 0.6 is 11.6 Å². The van der Waals surface area contributed by atoms with Crippen LogP contribution in [0, 0.1) is 16.0 Å². The lowest BCUT2D eigenvalue weighted by Gasteiger charge is -2.17. The lowest BCUT2D eigenvalue weighted by Crippen LogP contribution is -2.23. The minimum Gasteiger partial charge on any atom is -0.326 e. The van der Waals surface area contributed by atoms with Gasteiger partial charge in [0.1, 0.15) is 5.02 Å². The van der Waals surface area contributed by atoms with Crippen molar-refractivity contribution in [3.05, 3.63) is 45.5 Å². The van der Waals surface area contributed by atoms with Crippen LogP contribution in [0.25, 0.3) is 0 Å². The Bertz CT molecular complexity index is 543. The van der Waals surface area contributed by atoms with Crippen LogP contribution in [-0.2, 0) is 4.79 Å². The molecule has 0 radical (unpaired) electrons. The van der Waals surface area contributed by atoms with Crippen LogP contribution in [0.2, 0.25) is 5.02 Å². The summed E-state index contributed by atoms with van der Waals surface area (Å²) in [5, 5.41) is 13.5. The van der Waals surface area contributed by atoms with Crippen molar-refractivity contribution in [2.24, 2.45) is 5.92 Å². The summed E-state index contributed by atoms with van der Waals surface area (Å²) in [4.78, 5) is 22.2. The average molecular weight is 281 g/mol. The summed E-state index contributed by atoms with van der Waals surface area (Å²) < 4.78 is 0. The van der Waals surface area contributed by atoms with Crippen molar-refractivity contribution in [2.75, 3.05) is 5.32 Å². The first-order chi connectivity index (χ1) is 9.08. The van der Waals surface area contributed by atoms with Gasteiger partial charge < -0.3 is 5.32 Å². The fourth-order valence-electron chi connectivity index (χ4n) is 2.01. The number of halogens is 1. The highest BCUT2D eigenvalue weighted by molar-refractivity contribution is 6.32. The van der Waals surface area contributed by atoms with E-state index in [1.54, 1.807) is 6.07 Å². The molecular formula is C13H13ClN2O3. The largest absolute Gasteiger partial charge is 0.326 e. The van der Waals surface area contributed by atoms with E-state index in [0.29, 0.717) is 12.1 Å². The number of anilines is 1. The molecule has 0 fully saturated rings. The van der Waals surface area contributed by atoms with E-state index in [4.69, 9.17) is 11.6 Å². The molecule has 2 rings (SSSR count). The van der Waals surface area contributed by atoms with E-state index in [1.807, 2.05) is 6.08 Å². The number of nitro groups is 1. The molecule has 1 aliphatic carbocycles. The standard InChI is InChI=1S/C13H13ClN2O3/c14-11-7-6-10(8-12(11)16(18)19)15-13(17)9-4-2-1-3-5-9/h1-2,6-9H,3-5H2,(H,15,17). The molecule has 19 heavy (non-hydrogen) atoms. The van der Waals surface area contributed by atoms with Gasteiger partial charge in [-0.25, -0.2) is 0 Å². The van der Waals surface area contributed by atoms with Gasteiger partial charge >= 0.3 is 0 Å². The van der Waals surface area contributed by atoms with Crippen molar-refractivity contribution in [1.29, 1.82) is 0 Å². The number of benzene rings is 1. The van der Waals surface area contributed by atoms with Gasteiger partial charge in [-0.3, -0.25) is 14.9 Å². The van der Waals surface area contributed by atoms with Gasteiger partial charge in [0.15, 0.2) is 0 Å². The molecule has 1 atom stereocenters. The van der Waals surface area contributed by atoms with Gasteiger partial charge in [-0.05, 0) is 31.4 Å². The van der Waals surface area contributed by atoms with Gasteiger partial charge in [0.2, 0.25) is 5.91 Å². The number of nitrogens with one attached hydrogen (secondary N) is 1. The monoisotopic (exact) mass is 280 g/mol. The highest BCUT2D eigenvalue weighted by atomic mass is 35.5. The molecule has 0 saturated heterocycles. The molecule has 1 N–H and O–H groups in total.